The average molecular weight is 301 g/mol. The monoisotopic (exact) mass is 301 g/mol. The highest BCUT2D eigenvalue weighted by Gasteiger charge is 2.22. The van der Waals surface area contributed by atoms with Gasteiger partial charge >= 0.3 is 0 Å². The minimum atomic E-state index is 0.322. The predicted octanol–water partition coefficient (Wildman–Crippen LogP) is 5.38. The maximum Gasteiger partial charge on any atom is 0.0676 e. The lowest BCUT2D eigenvalue weighted by Crippen LogP contribution is -2.25. The molecule has 0 aliphatic carbocycles. The summed E-state index contributed by atoms with van der Waals surface area (Å²) in [6, 6.07) is 4.73. The van der Waals surface area contributed by atoms with Crippen LogP contribution in [0.5, 0.6) is 0 Å². The van der Waals surface area contributed by atoms with Gasteiger partial charge in [-0.05, 0) is 92.4 Å². The van der Waals surface area contributed by atoms with Crippen molar-refractivity contribution in [3.05, 3.63) is 55.8 Å². The molecule has 1 heterocycles. The van der Waals surface area contributed by atoms with E-state index in [1.165, 1.54) is 38.3 Å². The van der Waals surface area contributed by atoms with Crippen LogP contribution in [0.4, 0.5) is 0 Å². The fourth-order valence-electron chi connectivity index (χ4n) is 3.05. The number of thiophene rings is 1. The van der Waals surface area contributed by atoms with Crippen molar-refractivity contribution >= 4 is 11.3 Å². The molecule has 114 valence electrons. The van der Waals surface area contributed by atoms with Crippen molar-refractivity contribution in [2.75, 3.05) is 6.54 Å². The second-order valence-corrected chi connectivity index (χ2v) is 6.92. The Morgan fingerprint density at radius 1 is 0.952 bits per heavy atom. The van der Waals surface area contributed by atoms with Crippen LogP contribution in [0.15, 0.2) is 17.5 Å². The zero-order chi connectivity index (χ0) is 15.6. The SMILES string of the molecule is CCCNC(c1cccs1)c1c(C)c(C)c(C)c(C)c1C. The van der Waals surface area contributed by atoms with Gasteiger partial charge in [-0.3, -0.25) is 0 Å². The zero-order valence-electron chi connectivity index (χ0n) is 14.1. The largest absolute Gasteiger partial charge is 0.306 e. The molecule has 0 aliphatic rings. The maximum atomic E-state index is 3.75. The van der Waals surface area contributed by atoms with Gasteiger partial charge in [0, 0.05) is 4.88 Å². The molecule has 0 fully saturated rings. The predicted molar refractivity (Wildman–Crippen MR) is 94.6 cm³/mol. The molecular weight excluding hydrogens is 274 g/mol. The summed E-state index contributed by atoms with van der Waals surface area (Å²) >= 11 is 1.85. The maximum absolute atomic E-state index is 3.75. The first kappa shape index (κ1) is 16.3. The highest BCUT2D eigenvalue weighted by atomic mass is 32.1. The third kappa shape index (κ3) is 3.07. The Kier molecular flexibility index (Phi) is 5.23. The van der Waals surface area contributed by atoms with Gasteiger partial charge in [0.05, 0.1) is 6.04 Å². The van der Waals surface area contributed by atoms with Crippen molar-refractivity contribution < 1.29 is 0 Å². The van der Waals surface area contributed by atoms with Gasteiger partial charge in [-0.25, -0.2) is 0 Å². The van der Waals surface area contributed by atoms with Crippen molar-refractivity contribution in [1.29, 1.82) is 0 Å². The van der Waals surface area contributed by atoms with Crippen molar-refractivity contribution in [2.45, 2.75) is 54.0 Å². The summed E-state index contributed by atoms with van der Waals surface area (Å²) in [5.41, 5.74) is 8.68. The van der Waals surface area contributed by atoms with Crippen LogP contribution >= 0.6 is 11.3 Å². The van der Waals surface area contributed by atoms with Gasteiger partial charge in [0.2, 0.25) is 0 Å². The number of rotatable bonds is 5. The second-order valence-electron chi connectivity index (χ2n) is 5.94. The molecule has 1 aromatic carbocycles. The molecule has 2 rings (SSSR count). The quantitative estimate of drug-likeness (QED) is 0.782. The molecule has 0 aliphatic heterocycles. The molecule has 21 heavy (non-hydrogen) atoms. The molecule has 0 saturated heterocycles. The summed E-state index contributed by atoms with van der Waals surface area (Å²) in [6.45, 7) is 14.6. The molecule has 1 aromatic heterocycles. The van der Waals surface area contributed by atoms with Crippen LogP contribution in [0, 0.1) is 34.6 Å². The van der Waals surface area contributed by atoms with Gasteiger partial charge in [-0.1, -0.05) is 13.0 Å². The van der Waals surface area contributed by atoms with E-state index in [-0.39, 0.29) is 0 Å². The van der Waals surface area contributed by atoms with E-state index in [9.17, 15) is 0 Å². The molecule has 0 amide bonds. The molecule has 0 saturated carbocycles. The summed E-state index contributed by atoms with van der Waals surface area (Å²) in [7, 11) is 0. The highest BCUT2D eigenvalue weighted by Crippen LogP contribution is 2.35. The van der Waals surface area contributed by atoms with Crippen LogP contribution in [0.1, 0.15) is 57.6 Å². The van der Waals surface area contributed by atoms with Gasteiger partial charge in [-0.2, -0.15) is 0 Å². The molecule has 0 radical (unpaired) electrons. The van der Waals surface area contributed by atoms with Crippen LogP contribution in [-0.2, 0) is 0 Å². The molecule has 1 N–H and O–H groups in total. The van der Waals surface area contributed by atoms with Crippen LogP contribution < -0.4 is 5.32 Å². The zero-order valence-corrected chi connectivity index (χ0v) is 14.9. The average Bonchev–Trinajstić information content (AvgIpc) is 3.00. The van der Waals surface area contributed by atoms with E-state index in [0.717, 1.165) is 13.0 Å². The molecule has 0 bridgehead atoms. The molecule has 2 heteroatoms. The van der Waals surface area contributed by atoms with E-state index >= 15 is 0 Å². The lowest BCUT2D eigenvalue weighted by atomic mass is 9.86. The van der Waals surface area contributed by atoms with Gasteiger partial charge in [-0.15, -0.1) is 11.3 Å². The van der Waals surface area contributed by atoms with Crippen molar-refractivity contribution in [3.63, 3.8) is 0 Å². The summed E-state index contributed by atoms with van der Waals surface area (Å²) in [4.78, 5) is 1.41. The van der Waals surface area contributed by atoms with E-state index < -0.39 is 0 Å². The van der Waals surface area contributed by atoms with Crippen LogP contribution in [0.25, 0.3) is 0 Å². The third-order valence-corrected chi connectivity index (χ3v) is 5.71. The Labute approximate surface area is 133 Å². The molecule has 1 nitrogen and oxygen atoms in total. The molecule has 0 spiro atoms. The fraction of sp³-hybridized carbons (Fsp3) is 0.474. The Balaban J connectivity index is 2.60. The standard InChI is InChI=1S/C19H27NS/c1-7-10-20-19(17-9-8-11-21-17)18-15(5)13(3)12(2)14(4)16(18)6/h8-9,11,19-20H,7,10H2,1-6H3. The van der Waals surface area contributed by atoms with Crippen molar-refractivity contribution in [1.82, 2.24) is 5.32 Å². The van der Waals surface area contributed by atoms with Crippen LogP contribution in [0.3, 0.4) is 0 Å². The first-order chi connectivity index (χ1) is 9.99. The number of hydrogen-bond acceptors (Lipinski definition) is 2. The Morgan fingerprint density at radius 3 is 2.00 bits per heavy atom. The number of hydrogen-bond donors (Lipinski definition) is 1. The van der Waals surface area contributed by atoms with Crippen molar-refractivity contribution in [3.8, 4) is 0 Å². The van der Waals surface area contributed by atoms with Crippen LogP contribution in [-0.4, -0.2) is 6.54 Å². The van der Waals surface area contributed by atoms with E-state index in [1.54, 1.807) is 0 Å². The summed E-state index contributed by atoms with van der Waals surface area (Å²) in [6.07, 6.45) is 1.16. The number of benzene rings is 1. The fourth-order valence-corrected chi connectivity index (χ4v) is 3.86. The van der Waals surface area contributed by atoms with Crippen LogP contribution in [0.2, 0.25) is 0 Å². The minimum Gasteiger partial charge on any atom is -0.306 e. The van der Waals surface area contributed by atoms with E-state index in [1.807, 2.05) is 11.3 Å². The molecule has 1 unspecified atom stereocenters. The van der Waals surface area contributed by atoms with E-state index in [0.29, 0.717) is 6.04 Å². The summed E-state index contributed by atoms with van der Waals surface area (Å²) in [5, 5.41) is 5.93. The lowest BCUT2D eigenvalue weighted by molar-refractivity contribution is 0.600. The number of nitrogens with one attached hydrogen (secondary N) is 1. The van der Waals surface area contributed by atoms with Crippen molar-refractivity contribution in [2.24, 2.45) is 0 Å². The first-order valence-electron chi connectivity index (χ1n) is 7.82. The van der Waals surface area contributed by atoms with Gasteiger partial charge in [0.15, 0.2) is 0 Å². The second kappa shape index (κ2) is 6.76. The van der Waals surface area contributed by atoms with E-state index in [4.69, 9.17) is 0 Å². The Bertz CT molecular complexity index is 582. The molecular formula is C19H27NS. The molecule has 2 aromatic rings. The molecule has 1 atom stereocenters. The highest BCUT2D eigenvalue weighted by molar-refractivity contribution is 7.10. The summed E-state index contributed by atoms with van der Waals surface area (Å²) < 4.78 is 0. The first-order valence-corrected chi connectivity index (χ1v) is 8.70. The Morgan fingerprint density at radius 2 is 1.52 bits per heavy atom. The minimum absolute atomic E-state index is 0.322. The third-order valence-electron chi connectivity index (χ3n) is 4.77. The topological polar surface area (TPSA) is 12.0 Å². The normalized spacial score (nSPS) is 12.7. The lowest BCUT2D eigenvalue weighted by Gasteiger charge is -2.26. The van der Waals surface area contributed by atoms with Gasteiger partial charge in [0.25, 0.3) is 0 Å². The van der Waals surface area contributed by atoms with Gasteiger partial charge in [0.1, 0.15) is 0 Å². The Hall–Kier alpha value is -1.12. The van der Waals surface area contributed by atoms with E-state index in [2.05, 4.69) is 64.4 Å². The smallest absolute Gasteiger partial charge is 0.0676 e. The summed E-state index contributed by atoms with van der Waals surface area (Å²) in [5.74, 6) is 0. The van der Waals surface area contributed by atoms with Gasteiger partial charge < -0.3 is 5.32 Å².